The Morgan fingerprint density at radius 1 is 1.00 bits per heavy atom. The van der Waals surface area contributed by atoms with Gasteiger partial charge in [0.25, 0.3) is 5.91 Å². The third kappa shape index (κ3) is 8.88. The van der Waals surface area contributed by atoms with Crippen LogP contribution in [0.2, 0.25) is 0 Å². The second-order valence-electron chi connectivity index (χ2n) is 11.9. The number of carbonyl (C=O) groups excluding carboxylic acids is 2. The van der Waals surface area contributed by atoms with E-state index in [0.29, 0.717) is 37.4 Å². The van der Waals surface area contributed by atoms with Gasteiger partial charge in [-0.15, -0.1) is 0 Å². The minimum Gasteiger partial charge on any atom is -0.393 e. The van der Waals surface area contributed by atoms with Crippen molar-refractivity contribution in [3.8, 4) is 0 Å². The second kappa shape index (κ2) is 11.5. The molecule has 1 aliphatic heterocycles. The molecule has 0 unspecified atom stereocenters. The van der Waals surface area contributed by atoms with Gasteiger partial charge in [0.15, 0.2) is 0 Å². The molecule has 1 heterocycles. The molecule has 0 radical (unpaired) electrons. The van der Waals surface area contributed by atoms with E-state index in [2.05, 4.69) is 29.4 Å². The molecule has 6 heteroatoms. The first kappa shape index (κ1) is 28.1. The number of hydrogen-bond donors (Lipinski definition) is 3. The summed E-state index contributed by atoms with van der Waals surface area (Å²) in [5.41, 5.74) is 2.79. The number of benzene rings is 1. The minimum absolute atomic E-state index is 0.0377. The van der Waals surface area contributed by atoms with Gasteiger partial charge < -0.3 is 15.7 Å². The highest BCUT2D eigenvalue weighted by Gasteiger charge is 2.28. The van der Waals surface area contributed by atoms with Crippen LogP contribution in [0.4, 0.5) is 0 Å². The normalized spacial score (nSPS) is 16.5. The smallest absolute Gasteiger partial charge is 0.251 e. The summed E-state index contributed by atoms with van der Waals surface area (Å²) in [5.74, 6) is -0.133. The molecular weight excluding hydrogens is 426 g/mol. The van der Waals surface area contributed by atoms with E-state index in [1.165, 1.54) is 0 Å². The first-order chi connectivity index (χ1) is 15.7. The zero-order valence-corrected chi connectivity index (χ0v) is 22.4. The van der Waals surface area contributed by atoms with Crippen LogP contribution in [0.15, 0.2) is 35.4 Å². The summed E-state index contributed by atoms with van der Waals surface area (Å²) >= 11 is 0. The first-order valence-electron chi connectivity index (χ1n) is 12.5. The lowest BCUT2D eigenvalue weighted by atomic mass is 9.91. The van der Waals surface area contributed by atoms with Crippen molar-refractivity contribution in [3.05, 3.63) is 46.5 Å². The van der Waals surface area contributed by atoms with E-state index in [9.17, 15) is 14.7 Å². The molecule has 2 rings (SSSR count). The maximum absolute atomic E-state index is 13.1. The number of aliphatic hydroxyl groups excluding tert-OH is 1. The molecule has 0 saturated heterocycles. The molecule has 0 saturated carbocycles. The van der Waals surface area contributed by atoms with Crippen LogP contribution in [-0.2, 0) is 11.2 Å². The molecule has 1 aromatic carbocycles. The van der Waals surface area contributed by atoms with Crippen molar-refractivity contribution in [1.29, 1.82) is 0 Å². The fourth-order valence-corrected chi connectivity index (χ4v) is 4.21. The second-order valence-corrected chi connectivity index (χ2v) is 11.9. The molecule has 190 valence electrons. The van der Waals surface area contributed by atoms with Crippen molar-refractivity contribution in [2.75, 3.05) is 13.1 Å². The standard InChI is InChI=1S/C28H45N3O3/c1-19(2)31-16-15-21(24(18-31)26(34)30-28(6,7)8)17-22(32)14-13-20-11-9-10-12-23(20)25(33)29-27(3,4)5/h9-12,19,22,32H,13-18H2,1-8H3,(H,29,33)(H,30,34)/t22-/m0/s1. The minimum atomic E-state index is -0.572. The highest BCUT2D eigenvalue weighted by Crippen LogP contribution is 2.26. The third-order valence-electron chi connectivity index (χ3n) is 5.96. The van der Waals surface area contributed by atoms with Gasteiger partial charge in [0.05, 0.1) is 6.10 Å². The Hall–Kier alpha value is -2.18. The Bertz CT molecular complexity index is 891. The van der Waals surface area contributed by atoms with Crippen molar-refractivity contribution in [2.45, 2.75) is 104 Å². The predicted octanol–water partition coefficient (Wildman–Crippen LogP) is 4.22. The Morgan fingerprint density at radius 2 is 1.59 bits per heavy atom. The van der Waals surface area contributed by atoms with E-state index in [-0.39, 0.29) is 22.9 Å². The number of amides is 2. The molecule has 0 aliphatic carbocycles. The van der Waals surface area contributed by atoms with E-state index in [4.69, 9.17) is 0 Å². The zero-order valence-electron chi connectivity index (χ0n) is 22.4. The van der Waals surface area contributed by atoms with Crippen molar-refractivity contribution >= 4 is 11.8 Å². The van der Waals surface area contributed by atoms with Crippen molar-refractivity contribution in [3.63, 3.8) is 0 Å². The predicted molar refractivity (Wildman–Crippen MR) is 139 cm³/mol. The van der Waals surface area contributed by atoms with E-state index in [1.807, 2.05) is 65.8 Å². The molecule has 3 N–H and O–H groups in total. The average molecular weight is 472 g/mol. The van der Waals surface area contributed by atoms with Gasteiger partial charge in [0.2, 0.25) is 5.91 Å². The molecule has 0 spiro atoms. The van der Waals surface area contributed by atoms with Crippen molar-refractivity contribution < 1.29 is 14.7 Å². The summed E-state index contributed by atoms with van der Waals surface area (Å²) < 4.78 is 0. The summed E-state index contributed by atoms with van der Waals surface area (Å²) in [6, 6.07) is 7.94. The Morgan fingerprint density at radius 3 is 2.18 bits per heavy atom. The van der Waals surface area contributed by atoms with E-state index < -0.39 is 6.10 Å². The summed E-state index contributed by atoms with van der Waals surface area (Å²) in [6.45, 7) is 17.6. The molecule has 34 heavy (non-hydrogen) atoms. The largest absolute Gasteiger partial charge is 0.393 e. The molecule has 0 bridgehead atoms. The number of nitrogens with zero attached hydrogens (tertiary/aromatic N) is 1. The van der Waals surface area contributed by atoms with Gasteiger partial charge in [-0.05, 0) is 92.7 Å². The highest BCUT2D eigenvalue weighted by atomic mass is 16.3. The Balaban J connectivity index is 2.13. The first-order valence-corrected chi connectivity index (χ1v) is 12.5. The van der Waals surface area contributed by atoms with E-state index in [1.54, 1.807) is 0 Å². The van der Waals surface area contributed by atoms with Crippen LogP contribution in [-0.4, -0.2) is 58.1 Å². The number of rotatable bonds is 8. The summed E-state index contributed by atoms with van der Waals surface area (Å²) in [4.78, 5) is 28.1. The molecule has 1 aliphatic rings. The van der Waals surface area contributed by atoms with Crippen molar-refractivity contribution in [1.82, 2.24) is 15.5 Å². The fraction of sp³-hybridized carbons (Fsp3) is 0.643. The van der Waals surface area contributed by atoms with Gasteiger partial charge in [0.1, 0.15) is 0 Å². The lowest BCUT2D eigenvalue weighted by Crippen LogP contribution is -2.46. The average Bonchev–Trinajstić information content (AvgIpc) is 2.70. The maximum atomic E-state index is 13.1. The summed E-state index contributed by atoms with van der Waals surface area (Å²) in [5, 5.41) is 17.0. The summed E-state index contributed by atoms with van der Waals surface area (Å²) in [7, 11) is 0. The van der Waals surface area contributed by atoms with Crippen LogP contribution in [0.5, 0.6) is 0 Å². The van der Waals surface area contributed by atoms with Gasteiger partial charge in [-0.2, -0.15) is 0 Å². The van der Waals surface area contributed by atoms with Gasteiger partial charge in [-0.3, -0.25) is 14.5 Å². The maximum Gasteiger partial charge on any atom is 0.251 e. The topological polar surface area (TPSA) is 81.7 Å². The lowest BCUT2D eigenvalue weighted by molar-refractivity contribution is -0.119. The molecule has 0 aromatic heterocycles. The fourth-order valence-electron chi connectivity index (χ4n) is 4.21. The van der Waals surface area contributed by atoms with Gasteiger partial charge in [-0.25, -0.2) is 0 Å². The number of aryl methyl sites for hydroxylation is 1. The molecular formula is C28H45N3O3. The van der Waals surface area contributed by atoms with Gasteiger partial charge in [-0.1, -0.05) is 23.8 Å². The van der Waals surface area contributed by atoms with Gasteiger partial charge in [0, 0.05) is 41.3 Å². The molecule has 2 amide bonds. The number of hydrogen-bond acceptors (Lipinski definition) is 4. The number of aliphatic hydroxyl groups is 1. The van der Waals surface area contributed by atoms with E-state index >= 15 is 0 Å². The molecule has 1 aromatic rings. The SMILES string of the molecule is CC(C)N1CCC(C[C@@H](O)CCc2ccccc2C(=O)NC(C)(C)C)=C(C(=O)NC(C)(C)C)C1. The van der Waals surface area contributed by atoms with Crippen LogP contribution in [0.1, 0.15) is 90.6 Å². The lowest BCUT2D eigenvalue weighted by Gasteiger charge is -2.35. The number of carbonyl (C=O) groups is 2. The van der Waals surface area contributed by atoms with E-state index in [0.717, 1.165) is 29.7 Å². The van der Waals surface area contributed by atoms with Crippen LogP contribution < -0.4 is 10.6 Å². The van der Waals surface area contributed by atoms with Crippen LogP contribution in [0, 0.1) is 0 Å². The van der Waals surface area contributed by atoms with Gasteiger partial charge >= 0.3 is 0 Å². The van der Waals surface area contributed by atoms with Crippen molar-refractivity contribution in [2.24, 2.45) is 0 Å². The summed E-state index contributed by atoms with van der Waals surface area (Å²) in [6.07, 6.45) is 1.83. The monoisotopic (exact) mass is 471 g/mol. The Kier molecular flexibility index (Phi) is 9.49. The number of nitrogens with one attached hydrogen (secondary N) is 2. The molecule has 0 fully saturated rings. The highest BCUT2D eigenvalue weighted by molar-refractivity contribution is 5.96. The van der Waals surface area contributed by atoms with Crippen LogP contribution in [0.3, 0.4) is 0 Å². The van der Waals surface area contributed by atoms with Crippen LogP contribution >= 0.6 is 0 Å². The van der Waals surface area contributed by atoms with Crippen LogP contribution in [0.25, 0.3) is 0 Å². The Labute approximate surface area is 206 Å². The molecule has 1 atom stereocenters. The quantitative estimate of drug-likeness (QED) is 0.530. The third-order valence-corrected chi connectivity index (χ3v) is 5.96. The zero-order chi connectivity index (χ0) is 25.7. The molecule has 6 nitrogen and oxygen atoms in total.